The van der Waals surface area contributed by atoms with Crippen LogP contribution in [0.4, 0.5) is 0 Å². The molecule has 0 aliphatic rings. The number of benzene rings is 1. The molecule has 27 heavy (non-hydrogen) atoms. The fourth-order valence-corrected chi connectivity index (χ4v) is 2.43. The van der Waals surface area contributed by atoms with E-state index in [-0.39, 0.29) is 24.0 Å². The van der Waals surface area contributed by atoms with Crippen LogP contribution in [0.1, 0.15) is 43.4 Å². The number of nitrogens with zero attached hydrogens (tertiary/aromatic N) is 4. The van der Waals surface area contributed by atoms with E-state index in [0.717, 1.165) is 41.9 Å². The van der Waals surface area contributed by atoms with Gasteiger partial charge in [0.05, 0.1) is 20.2 Å². The molecule has 2 rings (SSSR count). The van der Waals surface area contributed by atoms with Gasteiger partial charge < -0.3 is 19.9 Å². The van der Waals surface area contributed by atoms with Gasteiger partial charge in [-0.1, -0.05) is 31.9 Å². The van der Waals surface area contributed by atoms with Gasteiger partial charge in [-0.3, -0.25) is 0 Å². The van der Waals surface area contributed by atoms with Crippen LogP contribution in [0.25, 0.3) is 0 Å². The number of unbranched alkanes of at least 4 members (excludes halogenated alkanes) is 2. The monoisotopic (exact) mass is 486 g/mol. The molecule has 0 radical (unpaired) electrons. The van der Waals surface area contributed by atoms with Crippen LogP contribution in [0.5, 0.6) is 5.75 Å². The number of rotatable bonds is 9. The predicted molar refractivity (Wildman–Crippen MR) is 120 cm³/mol. The SMILES string of the molecule is CCCCCNC(=NCc1ccc(OC)cc1)NCc1nnc(C)n1C.I. The fraction of sp³-hybridized carbons (Fsp3) is 0.526. The molecule has 0 aliphatic heterocycles. The molecule has 8 heteroatoms. The lowest BCUT2D eigenvalue weighted by Gasteiger charge is -2.12. The van der Waals surface area contributed by atoms with Gasteiger partial charge in [0.15, 0.2) is 11.8 Å². The Hall–Kier alpha value is -1.84. The van der Waals surface area contributed by atoms with E-state index in [4.69, 9.17) is 9.73 Å². The van der Waals surface area contributed by atoms with Gasteiger partial charge in [0, 0.05) is 13.6 Å². The largest absolute Gasteiger partial charge is 0.497 e. The van der Waals surface area contributed by atoms with Crippen molar-refractivity contribution in [1.29, 1.82) is 0 Å². The standard InChI is InChI=1S/C19H30N6O.HI/c1-5-6-7-12-20-19(22-14-18-24-23-15(2)25(18)3)21-13-16-8-10-17(26-4)11-9-16;/h8-11H,5-7,12-14H2,1-4H3,(H2,20,21,22);1H. The highest BCUT2D eigenvalue weighted by Crippen LogP contribution is 2.11. The number of aryl methyl sites for hydroxylation is 1. The molecule has 0 saturated carbocycles. The first-order valence-corrected chi connectivity index (χ1v) is 9.14. The van der Waals surface area contributed by atoms with Crippen LogP contribution in [0.3, 0.4) is 0 Å². The van der Waals surface area contributed by atoms with Crippen molar-refractivity contribution in [2.75, 3.05) is 13.7 Å². The number of nitrogens with one attached hydrogen (secondary N) is 2. The lowest BCUT2D eigenvalue weighted by atomic mass is 10.2. The van der Waals surface area contributed by atoms with Crippen LogP contribution in [0.2, 0.25) is 0 Å². The average Bonchev–Trinajstić information content (AvgIpc) is 2.99. The molecule has 2 N–H and O–H groups in total. The zero-order chi connectivity index (χ0) is 18.8. The minimum Gasteiger partial charge on any atom is -0.497 e. The second kappa shape index (κ2) is 12.5. The van der Waals surface area contributed by atoms with Crippen LogP contribution >= 0.6 is 24.0 Å². The molecule has 0 bridgehead atoms. The van der Waals surface area contributed by atoms with Gasteiger partial charge in [0.25, 0.3) is 0 Å². The van der Waals surface area contributed by atoms with Gasteiger partial charge in [0.1, 0.15) is 11.6 Å². The van der Waals surface area contributed by atoms with Crippen LogP contribution in [-0.4, -0.2) is 34.4 Å². The second-order valence-corrected chi connectivity index (χ2v) is 6.22. The third-order valence-corrected chi connectivity index (χ3v) is 4.25. The van der Waals surface area contributed by atoms with E-state index in [0.29, 0.717) is 13.1 Å². The summed E-state index contributed by atoms with van der Waals surface area (Å²) in [5.74, 6) is 3.42. The average molecular weight is 486 g/mol. The minimum absolute atomic E-state index is 0. The summed E-state index contributed by atoms with van der Waals surface area (Å²) in [7, 11) is 3.64. The Balaban J connectivity index is 0.00000364. The Morgan fingerprint density at radius 2 is 1.89 bits per heavy atom. The zero-order valence-corrected chi connectivity index (χ0v) is 19.0. The normalized spacial score (nSPS) is 11.0. The maximum absolute atomic E-state index is 5.20. The molecule has 1 aromatic heterocycles. The summed E-state index contributed by atoms with van der Waals surface area (Å²) in [5.41, 5.74) is 1.13. The van der Waals surface area contributed by atoms with Crippen molar-refractivity contribution < 1.29 is 4.74 Å². The Labute approximate surface area is 179 Å². The van der Waals surface area contributed by atoms with E-state index in [1.807, 2.05) is 42.8 Å². The molecule has 150 valence electrons. The first-order chi connectivity index (χ1) is 12.6. The summed E-state index contributed by atoms with van der Waals surface area (Å²) in [6.07, 6.45) is 3.54. The summed E-state index contributed by atoms with van der Waals surface area (Å²) in [6.45, 7) is 6.23. The summed E-state index contributed by atoms with van der Waals surface area (Å²) >= 11 is 0. The first-order valence-electron chi connectivity index (χ1n) is 9.14. The molecule has 0 saturated heterocycles. The summed E-state index contributed by atoms with van der Waals surface area (Å²) in [6, 6.07) is 7.97. The molecule has 1 heterocycles. The number of methoxy groups -OCH3 is 1. The van der Waals surface area contributed by atoms with E-state index < -0.39 is 0 Å². The maximum atomic E-state index is 5.20. The number of hydrogen-bond donors (Lipinski definition) is 2. The topological polar surface area (TPSA) is 76.4 Å². The zero-order valence-electron chi connectivity index (χ0n) is 16.7. The Morgan fingerprint density at radius 1 is 1.15 bits per heavy atom. The van der Waals surface area contributed by atoms with Crippen LogP contribution in [-0.2, 0) is 20.1 Å². The molecule has 7 nitrogen and oxygen atoms in total. The van der Waals surface area contributed by atoms with Crippen molar-refractivity contribution in [2.24, 2.45) is 12.0 Å². The highest BCUT2D eigenvalue weighted by molar-refractivity contribution is 14.0. The summed E-state index contributed by atoms with van der Waals surface area (Å²) in [4.78, 5) is 4.69. The smallest absolute Gasteiger partial charge is 0.191 e. The van der Waals surface area contributed by atoms with E-state index >= 15 is 0 Å². The number of aromatic nitrogens is 3. The van der Waals surface area contributed by atoms with E-state index in [1.165, 1.54) is 12.8 Å². The van der Waals surface area contributed by atoms with Crippen molar-refractivity contribution in [2.45, 2.75) is 46.2 Å². The molecule has 0 fully saturated rings. The van der Waals surface area contributed by atoms with Gasteiger partial charge in [-0.25, -0.2) is 4.99 Å². The Morgan fingerprint density at radius 3 is 2.48 bits per heavy atom. The van der Waals surface area contributed by atoms with Gasteiger partial charge in [-0.05, 0) is 31.0 Å². The molecule has 1 aromatic carbocycles. The lowest BCUT2D eigenvalue weighted by Crippen LogP contribution is -2.38. The van der Waals surface area contributed by atoms with Crippen molar-refractivity contribution in [3.05, 3.63) is 41.5 Å². The lowest BCUT2D eigenvalue weighted by molar-refractivity contribution is 0.414. The van der Waals surface area contributed by atoms with Crippen LogP contribution < -0.4 is 15.4 Å². The molecule has 0 amide bonds. The highest BCUT2D eigenvalue weighted by atomic mass is 127. The van der Waals surface area contributed by atoms with Crippen LogP contribution in [0, 0.1) is 6.92 Å². The molecule has 0 spiro atoms. The van der Waals surface area contributed by atoms with Crippen molar-refractivity contribution in [3.63, 3.8) is 0 Å². The third kappa shape index (κ3) is 7.74. The van der Waals surface area contributed by atoms with E-state index in [1.54, 1.807) is 7.11 Å². The van der Waals surface area contributed by atoms with E-state index in [2.05, 4.69) is 27.8 Å². The van der Waals surface area contributed by atoms with Gasteiger partial charge in [0.2, 0.25) is 0 Å². The highest BCUT2D eigenvalue weighted by Gasteiger charge is 2.06. The molecular weight excluding hydrogens is 455 g/mol. The van der Waals surface area contributed by atoms with E-state index in [9.17, 15) is 0 Å². The first kappa shape index (κ1) is 23.2. The van der Waals surface area contributed by atoms with Crippen molar-refractivity contribution >= 4 is 29.9 Å². The second-order valence-electron chi connectivity index (χ2n) is 6.22. The fourth-order valence-electron chi connectivity index (χ4n) is 2.43. The summed E-state index contributed by atoms with van der Waals surface area (Å²) < 4.78 is 7.17. The Kier molecular flexibility index (Phi) is 10.8. The number of ether oxygens (including phenoxy) is 1. The predicted octanol–water partition coefficient (Wildman–Crippen LogP) is 3.18. The quantitative estimate of drug-likeness (QED) is 0.247. The van der Waals surface area contributed by atoms with Gasteiger partial charge >= 0.3 is 0 Å². The van der Waals surface area contributed by atoms with Crippen molar-refractivity contribution in [3.8, 4) is 5.75 Å². The number of aliphatic imine (C=N–C) groups is 1. The molecule has 0 atom stereocenters. The number of halogens is 1. The van der Waals surface area contributed by atoms with Crippen molar-refractivity contribution in [1.82, 2.24) is 25.4 Å². The Bertz CT molecular complexity index is 699. The minimum atomic E-state index is 0. The molecule has 0 aliphatic carbocycles. The number of guanidine groups is 1. The maximum Gasteiger partial charge on any atom is 0.191 e. The third-order valence-electron chi connectivity index (χ3n) is 4.25. The van der Waals surface area contributed by atoms with Gasteiger partial charge in [-0.15, -0.1) is 34.2 Å². The molecule has 2 aromatic rings. The molecule has 0 unspecified atom stereocenters. The number of hydrogen-bond acceptors (Lipinski definition) is 4. The molecular formula is C19H31IN6O. The van der Waals surface area contributed by atoms with Gasteiger partial charge in [-0.2, -0.15) is 0 Å². The summed E-state index contributed by atoms with van der Waals surface area (Å²) in [5, 5.41) is 15.0. The van der Waals surface area contributed by atoms with Crippen LogP contribution in [0.15, 0.2) is 29.3 Å².